The normalized spacial score (nSPS) is 10.0. The molecule has 0 aromatic carbocycles. The van der Waals surface area contributed by atoms with Crippen LogP contribution in [0.1, 0.15) is 0 Å². The molecule has 0 aliphatic carbocycles. The van der Waals surface area contributed by atoms with E-state index >= 15 is 0 Å². The summed E-state index contributed by atoms with van der Waals surface area (Å²) in [5, 5.41) is 15.9. The van der Waals surface area contributed by atoms with E-state index in [0.29, 0.717) is 11.4 Å². The quantitative estimate of drug-likeness (QED) is 0.596. The second-order valence-corrected chi connectivity index (χ2v) is 2.16. The van der Waals surface area contributed by atoms with Gasteiger partial charge in [0.1, 0.15) is 11.4 Å². The van der Waals surface area contributed by atoms with Crippen molar-refractivity contribution in [2.24, 2.45) is 0 Å². The Balaban J connectivity index is 2.49. The van der Waals surface area contributed by atoms with Crippen LogP contribution in [0.5, 0.6) is 0 Å². The third-order valence-electron chi connectivity index (χ3n) is 1.36. The van der Waals surface area contributed by atoms with Gasteiger partial charge in [-0.2, -0.15) is 20.5 Å². The van der Waals surface area contributed by atoms with Gasteiger partial charge in [0.15, 0.2) is 0 Å². The van der Waals surface area contributed by atoms with Crippen molar-refractivity contribution < 1.29 is 0 Å². The van der Waals surface area contributed by atoms with Crippen molar-refractivity contribution in [1.82, 2.24) is 25.6 Å². The van der Waals surface area contributed by atoms with Crippen LogP contribution >= 0.6 is 0 Å². The maximum Gasteiger partial charge on any atom is 0.264 e. The fourth-order valence-corrected chi connectivity index (χ4v) is 0.812. The van der Waals surface area contributed by atoms with E-state index in [4.69, 9.17) is 0 Å². The first kappa shape index (κ1) is 6.71. The lowest BCUT2D eigenvalue weighted by Crippen LogP contribution is -2.05. The van der Waals surface area contributed by atoms with Crippen molar-refractivity contribution in [3.05, 3.63) is 28.7 Å². The van der Waals surface area contributed by atoms with Crippen molar-refractivity contribution in [2.75, 3.05) is 0 Å². The predicted octanol–water partition coefficient (Wildman–Crippen LogP) is -0.445. The number of nitrogens with zero attached hydrogens (tertiary/aromatic N) is 3. The third kappa shape index (κ3) is 1.09. The minimum Gasteiger partial charge on any atom is -0.268 e. The Morgan fingerprint density at radius 3 is 2.67 bits per heavy atom. The van der Waals surface area contributed by atoms with E-state index in [2.05, 4.69) is 25.6 Å². The summed E-state index contributed by atoms with van der Waals surface area (Å²) in [6.07, 6.45) is 1.53. The van der Waals surface area contributed by atoms with Gasteiger partial charge in [0.05, 0.1) is 6.20 Å². The Labute approximate surface area is 66.6 Å². The van der Waals surface area contributed by atoms with Crippen LogP contribution in [0.3, 0.4) is 0 Å². The van der Waals surface area contributed by atoms with Gasteiger partial charge < -0.3 is 0 Å². The summed E-state index contributed by atoms with van der Waals surface area (Å²) >= 11 is 0. The molecule has 0 spiro atoms. The zero-order chi connectivity index (χ0) is 8.39. The van der Waals surface area contributed by atoms with Crippen LogP contribution in [0.15, 0.2) is 23.1 Å². The Morgan fingerprint density at radius 1 is 1.17 bits per heavy atom. The first-order valence-corrected chi connectivity index (χ1v) is 3.28. The summed E-state index contributed by atoms with van der Waals surface area (Å²) in [6, 6.07) is 2.97. The van der Waals surface area contributed by atoms with Crippen LogP contribution in [-0.2, 0) is 0 Å². The van der Waals surface area contributed by atoms with E-state index in [9.17, 15) is 4.79 Å². The minimum atomic E-state index is -0.234. The summed E-state index contributed by atoms with van der Waals surface area (Å²) < 4.78 is 0. The number of nitrogens with one attached hydrogen (secondary N) is 2. The second-order valence-electron chi connectivity index (χ2n) is 2.16. The molecule has 12 heavy (non-hydrogen) atoms. The van der Waals surface area contributed by atoms with Crippen LogP contribution < -0.4 is 5.56 Å². The zero-order valence-corrected chi connectivity index (χ0v) is 5.98. The Bertz CT molecular complexity index is 397. The SMILES string of the molecule is O=c1ccc(-c2cn[nH]n2)n[nH]1. The van der Waals surface area contributed by atoms with E-state index in [1.807, 2.05) is 0 Å². The molecule has 0 fully saturated rings. The average Bonchev–Trinajstić information content (AvgIpc) is 2.58. The lowest BCUT2D eigenvalue weighted by atomic mass is 10.3. The molecule has 0 saturated carbocycles. The lowest BCUT2D eigenvalue weighted by molar-refractivity contribution is 0.934. The number of aromatic amines is 2. The number of rotatable bonds is 1. The molecule has 2 aromatic heterocycles. The van der Waals surface area contributed by atoms with Crippen LogP contribution in [0.25, 0.3) is 11.4 Å². The van der Waals surface area contributed by atoms with E-state index in [1.165, 1.54) is 12.3 Å². The highest BCUT2D eigenvalue weighted by Gasteiger charge is 2.00. The molecule has 0 saturated heterocycles. The van der Waals surface area contributed by atoms with Gasteiger partial charge in [0.25, 0.3) is 5.56 Å². The van der Waals surface area contributed by atoms with E-state index < -0.39 is 0 Å². The van der Waals surface area contributed by atoms with Crippen molar-refractivity contribution in [3.8, 4) is 11.4 Å². The fourth-order valence-electron chi connectivity index (χ4n) is 0.812. The molecule has 6 nitrogen and oxygen atoms in total. The van der Waals surface area contributed by atoms with Crippen molar-refractivity contribution in [2.45, 2.75) is 0 Å². The highest BCUT2D eigenvalue weighted by Crippen LogP contribution is 2.07. The molecule has 60 valence electrons. The molecule has 0 atom stereocenters. The molecule has 2 heterocycles. The van der Waals surface area contributed by atoms with Gasteiger partial charge in [-0.25, -0.2) is 5.10 Å². The zero-order valence-electron chi connectivity index (χ0n) is 5.98. The van der Waals surface area contributed by atoms with Crippen molar-refractivity contribution >= 4 is 0 Å². The maximum absolute atomic E-state index is 10.6. The van der Waals surface area contributed by atoms with E-state index in [1.54, 1.807) is 6.07 Å². The Hall–Kier alpha value is -1.98. The highest BCUT2D eigenvalue weighted by molar-refractivity contribution is 5.50. The van der Waals surface area contributed by atoms with Crippen molar-refractivity contribution in [3.63, 3.8) is 0 Å². The molecule has 0 aliphatic heterocycles. The molecule has 2 rings (SSSR count). The van der Waals surface area contributed by atoms with Gasteiger partial charge in [-0.3, -0.25) is 4.79 Å². The summed E-state index contributed by atoms with van der Waals surface area (Å²) in [4.78, 5) is 10.6. The summed E-state index contributed by atoms with van der Waals surface area (Å²) in [5.41, 5.74) is 0.955. The predicted molar refractivity (Wildman–Crippen MR) is 40.2 cm³/mol. The molecular weight excluding hydrogens is 158 g/mol. The smallest absolute Gasteiger partial charge is 0.264 e. The Kier molecular flexibility index (Phi) is 1.44. The van der Waals surface area contributed by atoms with Crippen LogP contribution in [0, 0.1) is 0 Å². The molecule has 0 aliphatic rings. The molecule has 6 heteroatoms. The Morgan fingerprint density at radius 2 is 2.08 bits per heavy atom. The average molecular weight is 163 g/mol. The minimum absolute atomic E-state index is 0.234. The van der Waals surface area contributed by atoms with Gasteiger partial charge in [-0.05, 0) is 6.07 Å². The number of hydrogen-bond donors (Lipinski definition) is 2. The molecular formula is C6H5N5O. The standard InChI is InChI=1S/C6H5N5O/c12-6-2-1-4(8-10-6)5-3-7-11-9-5/h1-3H,(H,10,12)(H,7,9,11). The van der Waals surface area contributed by atoms with Crippen LogP contribution in [-0.4, -0.2) is 25.6 Å². The summed E-state index contributed by atoms with van der Waals surface area (Å²) in [6.45, 7) is 0. The van der Waals surface area contributed by atoms with Gasteiger partial charge in [-0.15, -0.1) is 0 Å². The molecule has 0 unspecified atom stereocenters. The van der Waals surface area contributed by atoms with E-state index in [-0.39, 0.29) is 5.56 Å². The van der Waals surface area contributed by atoms with Gasteiger partial charge in [-0.1, -0.05) is 0 Å². The summed E-state index contributed by atoms with van der Waals surface area (Å²) in [7, 11) is 0. The number of H-pyrrole nitrogens is 2. The summed E-state index contributed by atoms with van der Waals surface area (Å²) in [5.74, 6) is 0. The number of aromatic nitrogens is 5. The lowest BCUT2D eigenvalue weighted by Gasteiger charge is -1.89. The molecule has 0 amide bonds. The van der Waals surface area contributed by atoms with E-state index in [0.717, 1.165) is 0 Å². The second kappa shape index (κ2) is 2.57. The third-order valence-corrected chi connectivity index (χ3v) is 1.36. The maximum atomic E-state index is 10.6. The van der Waals surface area contributed by atoms with Gasteiger partial charge >= 0.3 is 0 Å². The molecule has 2 N–H and O–H groups in total. The first-order valence-electron chi connectivity index (χ1n) is 3.28. The van der Waals surface area contributed by atoms with Crippen LogP contribution in [0.4, 0.5) is 0 Å². The van der Waals surface area contributed by atoms with Gasteiger partial charge in [0.2, 0.25) is 0 Å². The largest absolute Gasteiger partial charge is 0.268 e. The van der Waals surface area contributed by atoms with Crippen molar-refractivity contribution in [1.29, 1.82) is 0 Å². The topological polar surface area (TPSA) is 87.3 Å². The first-order chi connectivity index (χ1) is 5.86. The van der Waals surface area contributed by atoms with Crippen LogP contribution in [0.2, 0.25) is 0 Å². The fraction of sp³-hybridized carbons (Fsp3) is 0. The van der Waals surface area contributed by atoms with Gasteiger partial charge in [0, 0.05) is 6.07 Å². The number of hydrogen-bond acceptors (Lipinski definition) is 4. The molecule has 0 radical (unpaired) electrons. The monoisotopic (exact) mass is 163 g/mol. The highest BCUT2D eigenvalue weighted by atomic mass is 16.1. The molecule has 2 aromatic rings. The molecule has 0 bridgehead atoms.